The van der Waals surface area contributed by atoms with Gasteiger partial charge in [0.2, 0.25) is 5.89 Å². The van der Waals surface area contributed by atoms with Crippen LogP contribution >= 0.6 is 0 Å². The second-order valence-electron chi connectivity index (χ2n) is 5.58. The number of nitrogens with zero attached hydrogens (tertiary/aromatic N) is 3. The number of benzene rings is 1. The van der Waals surface area contributed by atoms with Crippen LogP contribution in [0.25, 0.3) is 0 Å². The van der Waals surface area contributed by atoms with Crippen LogP contribution in [0.4, 0.5) is 0 Å². The highest BCUT2D eigenvalue weighted by Gasteiger charge is 2.26. The maximum Gasteiger partial charge on any atom is 0.243 e. The Morgan fingerprint density at radius 1 is 1.20 bits per heavy atom. The molecule has 0 aliphatic carbocycles. The summed E-state index contributed by atoms with van der Waals surface area (Å²) in [4.78, 5) is 6.78. The summed E-state index contributed by atoms with van der Waals surface area (Å²) in [7, 11) is 0. The first-order valence-electron chi connectivity index (χ1n) is 7.33. The van der Waals surface area contributed by atoms with Crippen LogP contribution in [-0.4, -0.2) is 28.1 Å². The highest BCUT2D eigenvalue weighted by atomic mass is 16.5. The molecular weight excluding hydrogens is 250 g/mol. The van der Waals surface area contributed by atoms with Crippen LogP contribution in [0, 0.1) is 6.92 Å². The molecule has 1 unspecified atom stereocenters. The Balaban J connectivity index is 1.61. The van der Waals surface area contributed by atoms with Crippen molar-refractivity contribution < 1.29 is 4.52 Å². The standard InChI is InChI=1S/C16H21N3O/c1-12(16-17-13(2)18-20-16)19-10-8-15(9-11-19)14-6-4-3-5-7-14/h3-7,12,15H,8-11H2,1-2H3. The lowest BCUT2D eigenvalue weighted by molar-refractivity contribution is 0.136. The number of rotatable bonds is 3. The van der Waals surface area contributed by atoms with E-state index >= 15 is 0 Å². The number of aromatic nitrogens is 2. The molecule has 1 aromatic carbocycles. The average molecular weight is 271 g/mol. The Morgan fingerprint density at radius 3 is 2.50 bits per heavy atom. The van der Waals surface area contributed by atoms with Crippen LogP contribution in [0.15, 0.2) is 34.9 Å². The van der Waals surface area contributed by atoms with E-state index in [4.69, 9.17) is 4.52 Å². The van der Waals surface area contributed by atoms with Gasteiger partial charge in [0.25, 0.3) is 0 Å². The Bertz CT molecular complexity index is 544. The number of hydrogen-bond acceptors (Lipinski definition) is 4. The zero-order valence-corrected chi connectivity index (χ0v) is 12.1. The van der Waals surface area contributed by atoms with Gasteiger partial charge in [-0.05, 0) is 51.3 Å². The number of aryl methyl sites for hydroxylation is 1. The molecule has 20 heavy (non-hydrogen) atoms. The monoisotopic (exact) mass is 271 g/mol. The second kappa shape index (κ2) is 5.75. The predicted molar refractivity (Wildman–Crippen MR) is 77.4 cm³/mol. The van der Waals surface area contributed by atoms with Crippen LogP contribution in [0.3, 0.4) is 0 Å². The minimum Gasteiger partial charge on any atom is -0.338 e. The van der Waals surface area contributed by atoms with E-state index in [1.807, 2.05) is 6.92 Å². The summed E-state index contributed by atoms with van der Waals surface area (Å²) >= 11 is 0. The van der Waals surface area contributed by atoms with Gasteiger partial charge >= 0.3 is 0 Å². The summed E-state index contributed by atoms with van der Waals surface area (Å²) < 4.78 is 5.29. The van der Waals surface area contributed by atoms with Gasteiger partial charge in [-0.15, -0.1) is 0 Å². The van der Waals surface area contributed by atoms with Crippen LogP contribution < -0.4 is 0 Å². The molecule has 1 atom stereocenters. The average Bonchev–Trinajstić information content (AvgIpc) is 2.94. The molecule has 1 aromatic heterocycles. The van der Waals surface area contributed by atoms with Gasteiger partial charge in [0.05, 0.1) is 6.04 Å². The molecule has 0 spiro atoms. The van der Waals surface area contributed by atoms with Crippen molar-refractivity contribution >= 4 is 0 Å². The van der Waals surface area contributed by atoms with Crippen molar-refractivity contribution in [3.05, 3.63) is 47.6 Å². The Labute approximate surface area is 119 Å². The van der Waals surface area contributed by atoms with Gasteiger partial charge in [-0.3, -0.25) is 4.90 Å². The third-order valence-corrected chi connectivity index (χ3v) is 4.25. The maximum absolute atomic E-state index is 5.29. The van der Waals surface area contributed by atoms with Gasteiger partial charge in [0.15, 0.2) is 5.82 Å². The predicted octanol–water partition coefficient (Wildman–Crippen LogP) is 3.32. The minimum absolute atomic E-state index is 0.216. The van der Waals surface area contributed by atoms with E-state index in [1.165, 1.54) is 18.4 Å². The largest absolute Gasteiger partial charge is 0.338 e. The van der Waals surface area contributed by atoms with Crippen molar-refractivity contribution in [1.29, 1.82) is 0 Å². The first kappa shape index (κ1) is 13.3. The van der Waals surface area contributed by atoms with E-state index < -0.39 is 0 Å². The molecule has 0 saturated carbocycles. The Morgan fingerprint density at radius 2 is 1.90 bits per heavy atom. The van der Waals surface area contributed by atoms with Crippen LogP contribution in [0.2, 0.25) is 0 Å². The molecule has 106 valence electrons. The second-order valence-corrected chi connectivity index (χ2v) is 5.58. The van der Waals surface area contributed by atoms with E-state index in [0.717, 1.165) is 19.0 Å². The smallest absolute Gasteiger partial charge is 0.243 e. The van der Waals surface area contributed by atoms with Crippen molar-refractivity contribution in [3.8, 4) is 0 Å². The number of piperidine rings is 1. The van der Waals surface area contributed by atoms with Gasteiger partial charge in [-0.2, -0.15) is 4.98 Å². The summed E-state index contributed by atoms with van der Waals surface area (Å²) in [5.74, 6) is 2.13. The van der Waals surface area contributed by atoms with E-state index in [2.05, 4.69) is 52.3 Å². The molecule has 3 rings (SSSR count). The lowest BCUT2D eigenvalue weighted by Crippen LogP contribution is -2.35. The van der Waals surface area contributed by atoms with Crippen LogP contribution in [0.5, 0.6) is 0 Å². The molecular formula is C16H21N3O. The van der Waals surface area contributed by atoms with E-state index in [-0.39, 0.29) is 6.04 Å². The molecule has 1 aliphatic heterocycles. The van der Waals surface area contributed by atoms with E-state index in [1.54, 1.807) is 0 Å². The zero-order valence-electron chi connectivity index (χ0n) is 12.1. The summed E-state index contributed by atoms with van der Waals surface area (Å²) in [5.41, 5.74) is 1.47. The van der Waals surface area contributed by atoms with E-state index in [9.17, 15) is 0 Å². The van der Waals surface area contributed by atoms with Gasteiger partial charge in [0, 0.05) is 0 Å². The summed E-state index contributed by atoms with van der Waals surface area (Å²) in [6.45, 7) is 6.18. The fourth-order valence-electron chi connectivity index (χ4n) is 2.98. The first-order valence-corrected chi connectivity index (χ1v) is 7.33. The SMILES string of the molecule is Cc1noc(C(C)N2CCC(c3ccccc3)CC2)n1. The Hall–Kier alpha value is -1.68. The lowest BCUT2D eigenvalue weighted by Gasteiger charge is -2.34. The molecule has 2 heterocycles. The van der Waals surface area contributed by atoms with Gasteiger partial charge in [-0.1, -0.05) is 35.5 Å². The topological polar surface area (TPSA) is 42.2 Å². The van der Waals surface area contributed by atoms with Crippen molar-refractivity contribution in [2.24, 2.45) is 0 Å². The molecule has 0 radical (unpaired) electrons. The summed E-state index contributed by atoms with van der Waals surface area (Å²) in [6, 6.07) is 11.0. The third kappa shape index (κ3) is 2.75. The minimum atomic E-state index is 0.216. The molecule has 0 bridgehead atoms. The van der Waals surface area contributed by atoms with Crippen molar-refractivity contribution in [2.45, 2.75) is 38.6 Å². The third-order valence-electron chi connectivity index (χ3n) is 4.25. The highest BCUT2D eigenvalue weighted by molar-refractivity contribution is 5.20. The van der Waals surface area contributed by atoms with E-state index in [0.29, 0.717) is 11.7 Å². The molecule has 0 amide bonds. The molecule has 1 aliphatic rings. The zero-order chi connectivity index (χ0) is 13.9. The van der Waals surface area contributed by atoms with Gasteiger partial charge in [-0.25, -0.2) is 0 Å². The summed E-state index contributed by atoms with van der Waals surface area (Å²) in [6.07, 6.45) is 2.39. The molecule has 0 N–H and O–H groups in total. The van der Waals surface area contributed by atoms with Crippen LogP contribution in [0.1, 0.15) is 49.0 Å². The fraction of sp³-hybridized carbons (Fsp3) is 0.500. The normalized spacial score (nSPS) is 19.1. The van der Waals surface area contributed by atoms with Crippen molar-refractivity contribution in [1.82, 2.24) is 15.0 Å². The van der Waals surface area contributed by atoms with Crippen LogP contribution in [-0.2, 0) is 0 Å². The summed E-state index contributed by atoms with van der Waals surface area (Å²) in [5, 5.41) is 3.88. The van der Waals surface area contributed by atoms with Crippen molar-refractivity contribution in [3.63, 3.8) is 0 Å². The van der Waals surface area contributed by atoms with Gasteiger partial charge in [0.1, 0.15) is 0 Å². The highest BCUT2D eigenvalue weighted by Crippen LogP contribution is 2.31. The molecule has 1 saturated heterocycles. The fourth-order valence-corrected chi connectivity index (χ4v) is 2.98. The number of hydrogen-bond donors (Lipinski definition) is 0. The Kier molecular flexibility index (Phi) is 3.83. The van der Waals surface area contributed by atoms with Gasteiger partial charge < -0.3 is 4.52 Å². The molecule has 1 fully saturated rings. The quantitative estimate of drug-likeness (QED) is 0.859. The first-order chi connectivity index (χ1) is 9.74. The molecule has 4 nitrogen and oxygen atoms in total. The number of likely N-dealkylation sites (tertiary alicyclic amines) is 1. The van der Waals surface area contributed by atoms with Crippen molar-refractivity contribution in [2.75, 3.05) is 13.1 Å². The molecule has 4 heteroatoms. The lowest BCUT2D eigenvalue weighted by atomic mass is 9.89. The molecule has 2 aromatic rings. The maximum atomic E-state index is 5.29.